The van der Waals surface area contributed by atoms with Crippen molar-refractivity contribution >= 4 is 27.3 Å². The van der Waals surface area contributed by atoms with E-state index in [4.69, 9.17) is 5.73 Å². The molecule has 3 nitrogen and oxygen atoms in total. The van der Waals surface area contributed by atoms with Gasteiger partial charge in [-0.25, -0.2) is 0 Å². The zero-order valence-corrected chi connectivity index (χ0v) is 13.8. The van der Waals surface area contributed by atoms with Crippen LogP contribution < -0.4 is 10.6 Å². The Morgan fingerprint density at radius 2 is 1.65 bits per heavy atom. The molecule has 0 aromatic heterocycles. The molecule has 2 fully saturated rings. The maximum Gasteiger partial charge on any atom is 0.0512 e. The van der Waals surface area contributed by atoms with E-state index in [1.807, 2.05) is 12.1 Å². The molecule has 0 aliphatic carbocycles. The second kappa shape index (κ2) is 5.57. The molecule has 20 heavy (non-hydrogen) atoms. The Balaban J connectivity index is 1.66. The summed E-state index contributed by atoms with van der Waals surface area (Å²) in [6.07, 6.45) is 5.41. The zero-order valence-electron chi connectivity index (χ0n) is 12.2. The van der Waals surface area contributed by atoms with Crippen molar-refractivity contribution in [2.75, 3.05) is 43.9 Å². The second-order valence-electron chi connectivity index (χ2n) is 6.50. The van der Waals surface area contributed by atoms with Gasteiger partial charge in [0.05, 0.1) is 5.69 Å². The molecule has 0 saturated carbocycles. The van der Waals surface area contributed by atoms with Gasteiger partial charge in [-0.1, -0.05) is 0 Å². The highest BCUT2D eigenvalue weighted by atomic mass is 79.9. The van der Waals surface area contributed by atoms with E-state index in [-0.39, 0.29) is 0 Å². The number of hydrogen-bond acceptors (Lipinski definition) is 3. The minimum Gasteiger partial charge on any atom is -0.399 e. The van der Waals surface area contributed by atoms with Crippen LogP contribution >= 0.6 is 15.9 Å². The first-order valence-electron chi connectivity index (χ1n) is 7.57. The van der Waals surface area contributed by atoms with Crippen LogP contribution in [0.3, 0.4) is 0 Å². The van der Waals surface area contributed by atoms with Gasteiger partial charge in [0.1, 0.15) is 0 Å². The van der Waals surface area contributed by atoms with Crippen molar-refractivity contribution in [1.82, 2.24) is 4.90 Å². The van der Waals surface area contributed by atoms with Crippen LogP contribution in [-0.2, 0) is 0 Å². The van der Waals surface area contributed by atoms with Crippen LogP contribution in [-0.4, -0.2) is 38.1 Å². The Hall–Kier alpha value is -0.740. The van der Waals surface area contributed by atoms with Gasteiger partial charge < -0.3 is 15.5 Å². The Labute approximate surface area is 130 Å². The monoisotopic (exact) mass is 337 g/mol. The van der Waals surface area contributed by atoms with Gasteiger partial charge in [0.25, 0.3) is 0 Å². The van der Waals surface area contributed by atoms with Crippen molar-refractivity contribution in [2.24, 2.45) is 5.41 Å². The number of likely N-dealkylation sites (tertiary alicyclic amines) is 1. The molecule has 0 bridgehead atoms. The molecular formula is C16H24BrN3. The summed E-state index contributed by atoms with van der Waals surface area (Å²) in [5.41, 5.74) is 8.56. The largest absolute Gasteiger partial charge is 0.399 e. The SMILES string of the molecule is CN1CCC2(CC1)CCN(c1ccc(N)cc1Br)CC2. The number of benzene rings is 1. The number of halogens is 1. The van der Waals surface area contributed by atoms with E-state index in [0.29, 0.717) is 5.41 Å². The molecule has 4 heteroatoms. The first-order chi connectivity index (χ1) is 9.58. The molecule has 2 aliphatic heterocycles. The van der Waals surface area contributed by atoms with E-state index in [0.717, 1.165) is 10.2 Å². The van der Waals surface area contributed by atoms with E-state index >= 15 is 0 Å². The van der Waals surface area contributed by atoms with Gasteiger partial charge in [-0.2, -0.15) is 0 Å². The number of anilines is 2. The zero-order chi connectivity index (χ0) is 14.2. The standard InChI is InChI=1S/C16H24BrN3/c1-19-8-4-16(5-9-19)6-10-20(11-7-16)15-3-2-13(18)12-14(15)17/h2-3,12H,4-11,18H2,1H3. The quantitative estimate of drug-likeness (QED) is 0.797. The molecular weight excluding hydrogens is 314 g/mol. The molecule has 1 spiro atoms. The van der Waals surface area contributed by atoms with E-state index in [9.17, 15) is 0 Å². The molecule has 0 atom stereocenters. The summed E-state index contributed by atoms with van der Waals surface area (Å²) in [7, 11) is 2.24. The minimum absolute atomic E-state index is 0.614. The third-order valence-corrected chi connectivity index (χ3v) is 5.82. The molecule has 1 aromatic carbocycles. The topological polar surface area (TPSA) is 32.5 Å². The first-order valence-corrected chi connectivity index (χ1v) is 8.36. The van der Waals surface area contributed by atoms with Crippen molar-refractivity contribution in [2.45, 2.75) is 25.7 Å². The van der Waals surface area contributed by atoms with Crippen LogP contribution in [0.25, 0.3) is 0 Å². The Morgan fingerprint density at radius 1 is 1.05 bits per heavy atom. The van der Waals surface area contributed by atoms with Crippen LogP contribution in [0.4, 0.5) is 11.4 Å². The van der Waals surface area contributed by atoms with Gasteiger partial charge >= 0.3 is 0 Å². The molecule has 2 N–H and O–H groups in total. The summed E-state index contributed by atoms with van der Waals surface area (Å²) >= 11 is 3.65. The summed E-state index contributed by atoms with van der Waals surface area (Å²) < 4.78 is 1.12. The normalized spacial score (nSPS) is 23.2. The maximum absolute atomic E-state index is 5.83. The fourth-order valence-corrected chi connectivity index (χ4v) is 4.24. The summed E-state index contributed by atoms with van der Waals surface area (Å²) in [5, 5.41) is 0. The van der Waals surface area contributed by atoms with Crippen molar-refractivity contribution in [1.29, 1.82) is 0 Å². The molecule has 2 saturated heterocycles. The lowest BCUT2D eigenvalue weighted by atomic mass is 9.71. The molecule has 110 valence electrons. The summed E-state index contributed by atoms with van der Waals surface area (Å²) in [6.45, 7) is 4.88. The van der Waals surface area contributed by atoms with Gasteiger partial charge in [-0.15, -0.1) is 0 Å². The Kier molecular flexibility index (Phi) is 3.95. The van der Waals surface area contributed by atoms with Gasteiger partial charge in [0.15, 0.2) is 0 Å². The van der Waals surface area contributed by atoms with Crippen molar-refractivity contribution in [3.05, 3.63) is 22.7 Å². The summed E-state index contributed by atoms with van der Waals surface area (Å²) in [6, 6.07) is 6.15. The number of nitrogens with two attached hydrogens (primary N) is 1. The van der Waals surface area contributed by atoms with E-state index in [1.165, 1.54) is 57.5 Å². The number of nitrogens with zero attached hydrogens (tertiary/aromatic N) is 2. The first kappa shape index (κ1) is 14.2. The molecule has 3 rings (SSSR count). The van der Waals surface area contributed by atoms with Crippen LogP contribution in [0.5, 0.6) is 0 Å². The van der Waals surface area contributed by atoms with Gasteiger partial charge in [0, 0.05) is 23.2 Å². The second-order valence-corrected chi connectivity index (χ2v) is 7.36. The number of rotatable bonds is 1. The number of nitrogen functional groups attached to an aromatic ring is 1. The predicted octanol–water partition coefficient (Wildman–Crippen LogP) is 3.34. The third-order valence-electron chi connectivity index (χ3n) is 5.18. The van der Waals surface area contributed by atoms with E-state index in [1.54, 1.807) is 0 Å². The fraction of sp³-hybridized carbons (Fsp3) is 0.625. The maximum atomic E-state index is 5.83. The van der Waals surface area contributed by atoms with Crippen molar-refractivity contribution < 1.29 is 0 Å². The highest BCUT2D eigenvalue weighted by Gasteiger charge is 2.37. The predicted molar refractivity (Wildman–Crippen MR) is 89.2 cm³/mol. The molecule has 0 radical (unpaired) electrons. The fourth-order valence-electron chi connectivity index (χ4n) is 3.59. The van der Waals surface area contributed by atoms with Crippen molar-refractivity contribution in [3.8, 4) is 0 Å². The molecule has 0 amide bonds. The minimum atomic E-state index is 0.614. The average molecular weight is 338 g/mol. The van der Waals surface area contributed by atoms with Crippen LogP contribution in [0.1, 0.15) is 25.7 Å². The van der Waals surface area contributed by atoms with Crippen molar-refractivity contribution in [3.63, 3.8) is 0 Å². The van der Waals surface area contributed by atoms with Crippen LogP contribution in [0.15, 0.2) is 22.7 Å². The molecule has 2 aliphatic rings. The van der Waals surface area contributed by atoms with E-state index in [2.05, 4.69) is 38.8 Å². The Morgan fingerprint density at radius 3 is 2.25 bits per heavy atom. The summed E-state index contributed by atoms with van der Waals surface area (Å²) in [4.78, 5) is 4.97. The lowest BCUT2D eigenvalue weighted by Crippen LogP contribution is -2.46. The molecule has 1 aromatic rings. The van der Waals surface area contributed by atoms with Crippen LogP contribution in [0.2, 0.25) is 0 Å². The van der Waals surface area contributed by atoms with Gasteiger partial charge in [0.2, 0.25) is 0 Å². The van der Waals surface area contributed by atoms with Crippen LogP contribution in [0, 0.1) is 5.41 Å². The Bertz CT molecular complexity index is 471. The van der Waals surface area contributed by atoms with E-state index < -0.39 is 0 Å². The molecule has 2 heterocycles. The average Bonchev–Trinajstić information content (AvgIpc) is 2.44. The van der Waals surface area contributed by atoms with Gasteiger partial charge in [-0.3, -0.25) is 0 Å². The highest BCUT2D eigenvalue weighted by molar-refractivity contribution is 9.10. The third kappa shape index (κ3) is 2.82. The van der Waals surface area contributed by atoms with Gasteiger partial charge in [-0.05, 0) is 85.4 Å². The smallest absolute Gasteiger partial charge is 0.0512 e. The lowest BCUT2D eigenvalue weighted by Gasteiger charge is -2.47. The highest BCUT2D eigenvalue weighted by Crippen LogP contribution is 2.42. The number of piperidine rings is 2. The lowest BCUT2D eigenvalue weighted by molar-refractivity contribution is 0.0944. The number of hydrogen-bond donors (Lipinski definition) is 1. The molecule has 0 unspecified atom stereocenters. The summed E-state index contributed by atoms with van der Waals surface area (Å²) in [5.74, 6) is 0.